The van der Waals surface area contributed by atoms with Crippen molar-refractivity contribution in [2.24, 2.45) is 0 Å². The lowest BCUT2D eigenvalue weighted by Gasteiger charge is -1.93. The van der Waals surface area contributed by atoms with Gasteiger partial charge in [0.05, 0.1) is 0 Å². The lowest BCUT2D eigenvalue weighted by atomic mass is 10.7. The quantitative estimate of drug-likeness (QED) is 0.249. The molecule has 0 aromatic rings. The maximum absolute atomic E-state index is 8.38. The minimum Gasteiger partial charge on any atom is -0.466 e. The van der Waals surface area contributed by atoms with Gasteiger partial charge in [0.25, 0.3) is 0 Å². The van der Waals surface area contributed by atoms with E-state index in [9.17, 15) is 0 Å². The molecule has 0 aliphatic carbocycles. The third-order valence-electron chi connectivity index (χ3n) is 0.864. The third kappa shape index (κ3) is 2.58. The van der Waals surface area contributed by atoms with Crippen LogP contribution in [0.4, 0.5) is 0 Å². The van der Waals surface area contributed by atoms with Gasteiger partial charge in [-0.25, -0.2) is 0 Å². The molecular formula is C5H12NO2+. The van der Waals surface area contributed by atoms with Gasteiger partial charge in [0, 0.05) is 7.11 Å². The highest BCUT2D eigenvalue weighted by Crippen LogP contribution is 1.70. The normalized spacial score (nSPS) is 12.0. The highest BCUT2D eigenvalue weighted by molar-refractivity contribution is 5.35. The smallest absolute Gasteiger partial charge is 0.323 e. The van der Waals surface area contributed by atoms with E-state index in [1.165, 1.54) is 0 Å². The molecule has 0 aliphatic rings. The zero-order valence-corrected chi connectivity index (χ0v) is 5.29. The summed E-state index contributed by atoms with van der Waals surface area (Å²) in [6.45, 7) is 3.16. The van der Waals surface area contributed by atoms with Crippen LogP contribution < -0.4 is 0 Å². The molecular weight excluding hydrogens is 106 g/mol. The van der Waals surface area contributed by atoms with Gasteiger partial charge in [-0.15, -0.1) is 0 Å². The fourth-order valence-corrected chi connectivity index (χ4v) is 0.372. The van der Waals surface area contributed by atoms with Crippen LogP contribution in [0.15, 0.2) is 0 Å². The molecule has 0 bridgehead atoms. The van der Waals surface area contributed by atoms with Crippen molar-refractivity contribution in [3.05, 3.63) is 0 Å². The molecule has 0 spiro atoms. The standard InChI is InChI=1S/C5H11NO2/c1-3-6(4-7)5-8-2/h4H,3,5H2,1-2H3/p+1. The second-order valence-corrected chi connectivity index (χ2v) is 1.44. The van der Waals surface area contributed by atoms with Crippen LogP contribution in [0.5, 0.6) is 0 Å². The number of ether oxygens (including phenoxy) is 1. The van der Waals surface area contributed by atoms with Crippen molar-refractivity contribution in [3.63, 3.8) is 0 Å². The van der Waals surface area contributed by atoms with Crippen LogP contribution in [0.1, 0.15) is 6.92 Å². The minimum atomic E-state index is 0.451. The van der Waals surface area contributed by atoms with Crippen LogP contribution in [-0.4, -0.2) is 36.5 Å². The number of nitrogens with zero attached hydrogens (tertiary/aromatic N) is 1. The molecule has 0 amide bonds. The predicted octanol–water partition coefficient (Wildman–Crippen LogP) is 0.209. The van der Waals surface area contributed by atoms with Crippen LogP contribution in [-0.2, 0) is 4.74 Å². The van der Waals surface area contributed by atoms with E-state index in [2.05, 4.69) is 0 Å². The Kier molecular flexibility index (Phi) is 4.26. The number of aliphatic hydroxyl groups excluding tert-OH is 1. The largest absolute Gasteiger partial charge is 0.466 e. The first-order valence-electron chi connectivity index (χ1n) is 2.55. The number of hydrogen-bond donors (Lipinski definition) is 1. The van der Waals surface area contributed by atoms with Gasteiger partial charge in [0.2, 0.25) is 6.73 Å². The molecule has 0 rings (SSSR count). The van der Waals surface area contributed by atoms with Crippen molar-refractivity contribution in [2.45, 2.75) is 6.92 Å². The highest BCUT2D eigenvalue weighted by Gasteiger charge is 1.94. The number of hydrogen-bond acceptors (Lipinski definition) is 1. The van der Waals surface area contributed by atoms with E-state index in [0.29, 0.717) is 6.73 Å². The van der Waals surface area contributed by atoms with Crippen LogP contribution in [0, 0.1) is 0 Å². The Labute approximate surface area is 49.2 Å². The number of methoxy groups -OCH3 is 1. The van der Waals surface area contributed by atoms with E-state index in [4.69, 9.17) is 9.84 Å². The molecule has 3 heteroatoms. The van der Waals surface area contributed by atoms with E-state index in [-0.39, 0.29) is 0 Å². The second kappa shape index (κ2) is 4.59. The van der Waals surface area contributed by atoms with Gasteiger partial charge in [-0.2, -0.15) is 4.58 Å². The second-order valence-electron chi connectivity index (χ2n) is 1.44. The molecule has 1 N–H and O–H groups in total. The fraction of sp³-hybridized carbons (Fsp3) is 0.800. The van der Waals surface area contributed by atoms with Crippen molar-refractivity contribution in [1.29, 1.82) is 0 Å². The van der Waals surface area contributed by atoms with Crippen molar-refractivity contribution in [2.75, 3.05) is 20.4 Å². The highest BCUT2D eigenvalue weighted by atomic mass is 16.5. The molecule has 0 aromatic heterocycles. The summed E-state index contributed by atoms with van der Waals surface area (Å²) in [5.41, 5.74) is 0. The Bertz CT molecular complexity index is 80.5. The summed E-state index contributed by atoms with van der Waals surface area (Å²) < 4.78 is 6.36. The Morgan fingerprint density at radius 2 is 2.38 bits per heavy atom. The van der Waals surface area contributed by atoms with Crippen molar-refractivity contribution >= 4 is 6.40 Å². The molecule has 0 saturated heterocycles. The van der Waals surface area contributed by atoms with E-state index in [1.807, 2.05) is 6.92 Å². The van der Waals surface area contributed by atoms with E-state index in [1.54, 1.807) is 11.7 Å². The van der Waals surface area contributed by atoms with E-state index >= 15 is 0 Å². The van der Waals surface area contributed by atoms with Gasteiger partial charge in [-0.3, -0.25) is 0 Å². The molecule has 0 saturated carbocycles. The zero-order chi connectivity index (χ0) is 6.41. The van der Waals surface area contributed by atoms with Crippen LogP contribution >= 0.6 is 0 Å². The third-order valence-corrected chi connectivity index (χ3v) is 0.864. The van der Waals surface area contributed by atoms with Crippen molar-refractivity contribution in [1.82, 2.24) is 0 Å². The minimum absolute atomic E-state index is 0.451. The molecule has 0 fully saturated rings. The van der Waals surface area contributed by atoms with Gasteiger partial charge in [-0.05, 0) is 6.92 Å². The maximum Gasteiger partial charge on any atom is 0.323 e. The Morgan fingerprint density at radius 3 is 2.50 bits per heavy atom. The summed E-state index contributed by atoms with van der Waals surface area (Å²) in [7, 11) is 1.59. The Hall–Kier alpha value is -0.570. The molecule has 3 nitrogen and oxygen atoms in total. The molecule has 0 heterocycles. The molecule has 0 unspecified atom stereocenters. The van der Waals surface area contributed by atoms with Gasteiger partial charge in [0.15, 0.2) is 0 Å². The molecule has 0 radical (unpaired) electrons. The summed E-state index contributed by atoms with van der Waals surface area (Å²) in [4.78, 5) is 0. The van der Waals surface area contributed by atoms with Crippen molar-refractivity contribution in [3.8, 4) is 0 Å². The zero-order valence-electron chi connectivity index (χ0n) is 5.29. The summed E-state index contributed by atoms with van der Waals surface area (Å²) in [6.07, 6.45) is 1.02. The van der Waals surface area contributed by atoms with Gasteiger partial charge in [-0.1, -0.05) is 0 Å². The number of rotatable bonds is 3. The molecule has 0 atom stereocenters. The lowest BCUT2D eigenvalue weighted by Crippen LogP contribution is -2.15. The molecule has 48 valence electrons. The van der Waals surface area contributed by atoms with Crippen LogP contribution in [0.2, 0.25) is 0 Å². The molecule has 0 aliphatic heterocycles. The van der Waals surface area contributed by atoms with Gasteiger partial charge >= 0.3 is 6.40 Å². The SMILES string of the molecule is CC[N+](=CO)COC. The van der Waals surface area contributed by atoms with Crippen molar-refractivity contribution < 1.29 is 14.4 Å². The molecule has 0 aromatic carbocycles. The Morgan fingerprint density at radius 1 is 1.75 bits per heavy atom. The topological polar surface area (TPSA) is 32.5 Å². The molecule has 8 heavy (non-hydrogen) atoms. The summed E-state index contributed by atoms with van der Waals surface area (Å²) in [6, 6.07) is 0. The average molecular weight is 118 g/mol. The predicted molar refractivity (Wildman–Crippen MR) is 31.4 cm³/mol. The van der Waals surface area contributed by atoms with Gasteiger partial charge < -0.3 is 9.84 Å². The fourth-order valence-electron chi connectivity index (χ4n) is 0.372. The van der Waals surface area contributed by atoms with E-state index in [0.717, 1.165) is 12.9 Å². The summed E-state index contributed by atoms with van der Waals surface area (Å²) >= 11 is 0. The first-order valence-corrected chi connectivity index (χ1v) is 2.55. The monoisotopic (exact) mass is 118 g/mol. The number of aliphatic hydroxyl groups is 1. The first-order chi connectivity index (χ1) is 3.85. The first kappa shape index (κ1) is 7.43. The Balaban J connectivity index is 3.38. The van der Waals surface area contributed by atoms with Crippen LogP contribution in [0.25, 0.3) is 0 Å². The summed E-state index contributed by atoms with van der Waals surface area (Å²) in [5.74, 6) is 0. The summed E-state index contributed by atoms with van der Waals surface area (Å²) in [5, 5.41) is 8.38. The van der Waals surface area contributed by atoms with E-state index < -0.39 is 0 Å². The average Bonchev–Trinajstić information content (AvgIpc) is 1.83. The lowest BCUT2D eigenvalue weighted by molar-refractivity contribution is -0.564. The maximum atomic E-state index is 8.38. The van der Waals surface area contributed by atoms with Crippen LogP contribution in [0.3, 0.4) is 0 Å². The van der Waals surface area contributed by atoms with Gasteiger partial charge in [0.1, 0.15) is 6.54 Å².